The molecule has 0 amide bonds. The van der Waals surface area contributed by atoms with Gasteiger partial charge in [0.1, 0.15) is 12.4 Å². The van der Waals surface area contributed by atoms with E-state index in [1.807, 2.05) is 22.8 Å². The Morgan fingerprint density at radius 1 is 1.19 bits per heavy atom. The molecule has 0 radical (unpaired) electrons. The third kappa shape index (κ3) is 3.20. The summed E-state index contributed by atoms with van der Waals surface area (Å²) in [5, 5.41) is 0. The molecule has 2 aromatic carbocycles. The molecule has 3 aromatic rings. The number of aryl methyl sites for hydroxylation is 1. The zero-order chi connectivity index (χ0) is 18.1. The lowest BCUT2D eigenvalue weighted by Crippen LogP contribution is -2.23. The fourth-order valence-corrected chi connectivity index (χ4v) is 3.15. The molecule has 0 bridgehead atoms. The second-order valence-corrected chi connectivity index (χ2v) is 6.53. The van der Waals surface area contributed by atoms with Crippen LogP contribution in [0.5, 0.6) is 11.8 Å². The third-order valence-electron chi connectivity index (χ3n) is 4.71. The highest BCUT2D eigenvalue weighted by Gasteiger charge is 2.23. The van der Waals surface area contributed by atoms with Crippen LogP contribution in [0.25, 0.3) is 11.1 Å². The highest BCUT2D eigenvalue weighted by molar-refractivity contribution is 5.69. The number of rotatable bonds is 4. The molecule has 26 heavy (non-hydrogen) atoms. The van der Waals surface area contributed by atoms with E-state index in [0.29, 0.717) is 19.2 Å². The summed E-state index contributed by atoms with van der Waals surface area (Å²) in [6.45, 7) is 5.27. The van der Waals surface area contributed by atoms with Crippen molar-refractivity contribution in [1.82, 2.24) is 9.55 Å². The van der Waals surface area contributed by atoms with Crippen molar-refractivity contribution in [3.63, 3.8) is 0 Å². The Morgan fingerprint density at radius 2 is 2.04 bits per heavy atom. The maximum Gasteiger partial charge on any atom is 0.300 e. The molecule has 1 aliphatic rings. The Morgan fingerprint density at radius 3 is 2.92 bits per heavy atom. The molecular weight excluding hydrogens is 328 g/mol. The second kappa shape index (κ2) is 6.67. The molecule has 0 spiro atoms. The number of fused-ring (bicyclic) bond motifs is 1. The SMILES string of the molecule is Cc1cccc(-c2cccc(OCC3Cn4ccc(=O)nc4O3)c2)c1C. The third-order valence-corrected chi connectivity index (χ3v) is 4.71. The number of hydrogen-bond donors (Lipinski definition) is 0. The van der Waals surface area contributed by atoms with E-state index in [1.165, 1.54) is 22.8 Å². The van der Waals surface area contributed by atoms with E-state index in [1.54, 1.807) is 6.20 Å². The Balaban J connectivity index is 1.47. The van der Waals surface area contributed by atoms with Crippen LogP contribution in [0.3, 0.4) is 0 Å². The highest BCUT2D eigenvalue weighted by Crippen LogP contribution is 2.28. The molecule has 1 aliphatic heterocycles. The van der Waals surface area contributed by atoms with Crippen molar-refractivity contribution >= 4 is 0 Å². The summed E-state index contributed by atoms with van der Waals surface area (Å²) in [6.07, 6.45) is 1.54. The number of benzene rings is 2. The van der Waals surface area contributed by atoms with Gasteiger partial charge in [-0.15, -0.1) is 0 Å². The summed E-state index contributed by atoms with van der Waals surface area (Å²) in [4.78, 5) is 15.2. The monoisotopic (exact) mass is 348 g/mol. The second-order valence-electron chi connectivity index (χ2n) is 6.53. The first-order valence-electron chi connectivity index (χ1n) is 8.64. The lowest BCUT2D eigenvalue weighted by atomic mass is 9.97. The van der Waals surface area contributed by atoms with Crippen LogP contribution >= 0.6 is 0 Å². The van der Waals surface area contributed by atoms with E-state index >= 15 is 0 Å². The number of ether oxygens (including phenoxy) is 2. The fraction of sp³-hybridized carbons (Fsp3) is 0.238. The molecule has 0 aliphatic carbocycles. The molecule has 1 unspecified atom stereocenters. The molecule has 1 aromatic heterocycles. The molecule has 4 rings (SSSR count). The Kier molecular flexibility index (Phi) is 4.21. The van der Waals surface area contributed by atoms with Gasteiger partial charge >= 0.3 is 0 Å². The topological polar surface area (TPSA) is 53.4 Å². The van der Waals surface area contributed by atoms with E-state index in [4.69, 9.17) is 9.47 Å². The van der Waals surface area contributed by atoms with Crippen LogP contribution in [0.15, 0.2) is 59.5 Å². The summed E-state index contributed by atoms with van der Waals surface area (Å²) in [5.74, 6) is 0.797. The first kappa shape index (κ1) is 16.4. The first-order chi connectivity index (χ1) is 12.6. The lowest BCUT2D eigenvalue weighted by molar-refractivity contribution is 0.143. The van der Waals surface area contributed by atoms with Crippen LogP contribution in [-0.2, 0) is 6.54 Å². The van der Waals surface area contributed by atoms with Gasteiger partial charge in [-0.25, -0.2) is 0 Å². The lowest BCUT2D eigenvalue weighted by Gasteiger charge is -2.13. The minimum Gasteiger partial charge on any atom is -0.490 e. The van der Waals surface area contributed by atoms with Crippen molar-refractivity contribution in [3.05, 3.63) is 76.2 Å². The van der Waals surface area contributed by atoms with Gasteiger partial charge in [0.2, 0.25) is 0 Å². The van der Waals surface area contributed by atoms with E-state index in [-0.39, 0.29) is 11.7 Å². The van der Waals surface area contributed by atoms with Crippen LogP contribution in [0, 0.1) is 13.8 Å². The number of aromatic nitrogens is 2. The summed E-state index contributed by atoms with van der Waals surface area (Å²) in [6, 6.07) is 16.2. The van der Waals surface area contributed by atoms with Crippen LogP contribution in [0.1, 0.15) is 11.1 Å². The fourth-order valence-electron chi connectivity index (χ4n) is 3.15. The van der Waals surface area contributed by atoms with Crippen LogP contribution in [0.4, 0.5) is 0 Å². The van der Waals surface area contributed by atoms with Gasteiger partial charge in [0.05, 0.1) is 6.54 Å². The molecule has 0 saturated heterocycles. The van der Waals surface area contributed by atoms with Crippen LogP contribution in [-0.4, -0.2) is 22.3 Å². The molecular formula is C21H20N2O3. The highest BCUT2D eigenvalue weighted by atomic mass is 16.6. The normalized spacial score (nSPS) is 15.4. The largest absolute Gasteiger partial charge is 0.490 e. The van der Waals surface area contributed by atoms with Crippen molar-refractivity contribution < 1.29 is 9.47 Å². The van der Waals surface area contributed by atoms with Crippen molar-refractivity contribution in [1.29, 1.82) is 0 Å². The Labute approximate surface area is 151 Å². The van der Waals surface area contributed by atoms with Gasteiger partial charge in [-0.3, -0.25) is 9.36 Å². The molecule has 5 heteroatoms. The molecule has 0 N–H and O–H groups in total. The Bertz CT molecular complexity index is 1010. The van der Waals surface area contributed by atoms with Gasteiger partial charge in [0, 0.05) is 12.3 Å². The van der Waals surface area contributed by atoms with Gasteiger partial charge in [-0.05, 0) is 48.2 Å². The van der Waals surface area contributed by atoms with Crippen LogP contribution < -0.4 is 15.0 Å². The molecule has 1 atom stereocenters. The zero-order valence-electron chi connectivity index (χ0n) is 14.8. The zero-order valence-corrected chi connectivity index (χ0v) is 14.8. The summed E-state index contributed by atoms with van der Waals surface area (Å²) in [5.41, 5.74) is 4.59. The minimum absolute atomic E-state index is 0.159. The predicted molar refractivity (Wildman–Crippen MR) is 99.8 cm³/mol. The minimum atomic E-state index is -0.293. The van der Waals surface area contributed by atoms with E-state index in [0.717, 1.165) is 11.3 Å². The van der Waals surface area contributed by atoms with Gasteiger partial charge in [0.15, 0.2) is 6.10 Å². The number of nitrogens with zero attached hydrogens (tertiary/aromatic N) is 2. The summed E-state index contributed by atoms with van der Waals surface area (Å²) >= 11 is 0. The van der Waals surface area contributed by atoms with Gasteiger partial charge in [-0.1, -0.05) is 30.3 Å². The van der Waals surface area contributed by atoms with E-state index in [2.05, 4.69) is 43.1 Å². The van der Waals surface area contributed by atoms with E-state index < -0.39 is 0 Å². The Hall–Kier alpha value is -3.08. The average Bonchev–Trinajstić information content (AvgIpc) is 3.04. The predicted octanol–water partition coefficient (Wildman–Crippen LogP) is 3.37. The summed E-state index contributed by atoms with van der Waals surface area (Å²) < 4.78 is 13.4. The van der Waals surface area contributed by atoms with Crippen molar-refractivity contribution in [2.45, 2.75) is 26.5 Å². The molecule has 5 nitrogen and oxygen atoms in total. The van der Waals surface area contributed by atoms with Crippen LogP contribution in [0.2, 0.25) is 0 Å². The first-order valence-corrected chi connectivity index (χ1v) is 8.64. The van der Waals surface area contributed by atoms with E-state index in [9.17, 15) is 4.79 Å². The maximum atomic E-state index is 11.3. The van der Waals surface area contributed by atoms with Crippen molar-refractivity contribution in [2.24, 2.45) is 0 Å². The number of hydrogen-bond acceptors (Lipinski definition) is 4. The van der Waals surface area contributed by atoms with Crippen molar-refractivity contribution in [2.75, 3.05) is 6.61 Å². The van der Waals surface area contributed by atoms with Gasteiger partial charge < -0.3 is 9.47 Å². The average molecular weight is 348 g/mol. The smallest absolute Gasteiger partial charge is 0.300 e. The molecule has 132 valence electrons. The van der Waals surface area contributed by atoms with Gasteiger partial charge in [0.25, 0.3) is 11.6 Å². The van der Waals surface area contributed by atoms with Crippen molar-refractivity contribution in [3.8, 4) is 22.9 Å². The standard InChI is InChI=1S/C21H20N2O3/c1-14-5-3-8-19(15(14)2)16-6-4-7-17(11-16)25-13-18-12-23-10-9-20(24)22-21(23)26-18/h3-11,18H,12-13H2,1-2H3. The van der Waals surface area contributed by atoms with Gasteiger partial charge in [-0.2, -0.15) is 4.98 Å². The quantitative estimate of drug-likeness (QED) is 0.725. The maximum absolute atomic E-state index is 11.3. The summed E-state index contributed by atoms with van der Waals surface area (Å²) in [7, 11) is 0. The molecule has 2 heterocycles. The molecule has 0 fully saturated rings. The molecule has 0 saturated carbocycles.